The van der Waals surface area contributed by atoms with Crippen molar-refractivity contribution in [2.24, 2.45) is 0 Å². The molecule has 43 heavy (non-hydrogen) atoms. The molecule has 0 aliphatic carbocycles. The number of alkyl carbamates (subject to hydrolysis) is 1. The molecule has 0 unspecified atom stereocenters. The highest BCUT2D eigenvalue weighted by atomic mass is 35.5. The van der Waals surface area contributed by atoms with Crippen molar-refractivity contribution in [1.29, 1.82) is 0 Å². The van der Waals surface area contributed by atoms with Crippen molar-refractivity contribution in [3.8, 4) is 5.75 Å². The van der Waals surface area contributed by atoms with E-state index >= 15 is 0 Å². The fourth-order valence-corrected chi connectivity index (χ4v) is 4.32. The third-order valence-electron chi connectivity index (χ3n) is 6.22. The molecule has 2 aromatic carbocycles. The summed E-state index contributed by atoms with van der Waals surface area (Å²) in [4.78, 5) is 44.8. The summed E-state index contributed by atoms with van der Waals surface area (Å²) < 4.78 is 16.8. The highest BCUT2D eigenvalue weighted by molar-refractivity contribution is 6.30. The van der Waals surface area contributed by atoms with Crippen LogP contribution in [0.2, 0.25) is 5.02 Å². The molecule has 3 aromatic rings. The molecule has 228 valence electrons. The number of aromatic nitrogens is 1. The molecule has 11 nitrogen and oxygen atoms in total. The van der Waals surface area contributed by atoms with Crippen LogP contribution in [-0.2, 0) is 9.47 Å². The predicted molar refractivity (Wildman–Crippen MR) is 165 cm³/mol. The van der Waals surface area contributed by atoms with Crippen molar-refractivity contribution in [3.05, 3.63) is 76.9 Å². The van der Waals surface area contributed by atoms with E-state index in [0.717, 1.165) is 18.8 Å². The number of carbonyl (C=O) groups is 3. The molecule has 0 bridgehead atoms. The van der Waals surface area contributed by atoms with E-state index in [4.69, 9.17) is 25.8 Å². The number of benzene rings is 2. The molecule has 0 saturated carbocycles. The monoisotopic (exact) mass is 609 g/mol. The molecule has 3 amide bonds. The van der Waals surface area contributed by atoms with Crippen LogP contribution in [0.15, 0.2) is 60.8 Å². The predicted octanol–water partition coefficient (Wildman–Crippen LogP) is 5.37. The number of nitrogens with one attached hydrogen (secondary N) is 3. The molecule has 1 aliphatic heterocycles. The average molecular weight is 610 g/mol. The summed E-state index contributed by atoms with van der Waals surface area (Å²) in [5.74, 6) is -0.181. The molecule has 1 aliphatic rings. The molecule has 0 atom stereocenters. The number of morpholine rings is 1. The maximum absolute atomic E-state index is 13.5. The van der Waals surface area contributed by atoms with Gasteiger partial charge in [-0.05, 0) is 63.6 Å². The molecule has 0 radical (unpaired) electrons. The largest absolute Gasteiger partial charge is 0.493 e. The van der Waals surface area contributed by atoms with Crippen molar-refractivity contribution in [3.63, 3.8) is 0 Å². The van der Waals surface area contributed by atoms with Gasteiger partial charge in [-0.15, -0.1) is 0 Å². The first kappa shape index (κ1) is 31.6. The Balaban J connectivity index is 1.47. The van der Waals surface area contributed by atoms with E-state index in [0.29, 0.717) is 54.0 Å². The van der Waals surface area contributed by atoms with Crippen LogP contribution < -0.4 is 25.6 Å². The van der Waals surface area contributed by atoms with E-state index in [1.165, 1.54) is 6.20 Å². The maximum Gasteiger partial charge on any atom is 0.407 e. The van der Waals surface area contributed by atoms with Crippen LogP contribution >= 0.6 is 11.6 Å². The van der Waals surface area contributed by atoms with Crippen LogP contribution in [-0.4, -0.2) is 67.9 Å². The number of para-hydroxylation sites is 1. The first-order valence-electron chi connectivity index (χ1n) is 14.0. The molecule has 4 rings (SSSR count). The molecule has 1 aromatic heterocycles. The summed E-state index contributed by atoms with van der Waals surface area (Å²) in [7, 11) is 0. The van der Waals surface area contributed by atoms with Gasteiger partial charge in [-0.25, -0.2) is 9.78 Å². The van der Waals surface area contributed by atoms with E-state index in [1.807, 2.05) is 12.1 Å². The molecule has 0 spiro atoms. The van der Waals surface area contributed by atoms with Gasteiger partial charge in [-0.3, -0.25) is 9.59 Å². The number of anilines is 3. The highest BCUT2D eigenvalue weighted by Crippen LogP contribution is 2.28. The van der Waals surface area contributed by atoms with Gasteiger partial charge in [0.05, 0.1) is 41.7 Å². The Kier molecular flexibility index (Phi) is 10.8. The minimum Gasteiger partial charge on any atom is -0.493 e. The Hall–Kier alpha value is -4.35. The number of hydrogen-bond donors (Lipinski definition) is 3. The summed E-state index contributed by atoms with van der Waals surface area (Å²) >= 11 is 5.89. The van der Waals surface area contributed by atoms with E-state index in [2.05, 4.69) is 25.8 Å². The van der Waals surface area contributed by atoms with Crippen LogP contribution in [0.25, 0.3) is 0 Å². The lowest BCUT2D eigenvalue weighted by Gasteiger charge is -2.29. The topological polar surface area (TPSA) is 131 Å². The number of hydrogen-bond acceptors (Lipinski definition) is 8. The van der Waals surface area contributed by atoms with Gasteiger partial charge in [0.1, 0.15) is 17.2 Å². The number of halogens is 1. The molecule has 12 heteroatoms. The zero-order valence-corrected chi connectivity index (χ0v) is 25.2. The SMILES string of the molecule is CC(C)(C)OC(=O)NCCCOc1cc(N2CCOCC2)ccc1C(=O)Nc1ccccc1C(=O)Nc1ccc(Cl)cn1. The standard InChI is InChI=1S/C31H36ClN5O6/c1-31(2,3)43-30(40)33-13-6-16-42-26-19-22(37-14-17-41-18-15-37)10-11-24(26)29(39)35-25-8-5-4-7-23(25)28(38)36-27-12-9-21(32)20-34-27/h4-5,7-12,19-20H,6,13-18H2,1-3H3,(H,33,40)(H,35,39)(H,34,36,38). The van der Waals surface area contributed by atoms with Gasteiger partial charge in [-0.1, -0.05) is 23.7 Å². The van der Waals surface area contributed by atoms with Crippen LogP contribution in [0.1, 0.15) is 47.9 Å². The van der Waals surface area contributed by atoms with Crippen molar-refractivity contribution in [1.82, 2.24) is 10.3 Å². The van der Waals surface area contributed by atoms with Gasteiger partial charge in [-0.2, -0.15) is 0 Å². The van der Waals surface area contributed by atoms with E-state index in [9.17, 15) is 14.4 Å². The summed E-state index contributed by atoms with van der Waals surface area (Å²) in [6.45, 7) is 8.63. The first-order valence-corrected chi connectivity index (χ1v) is 14.4. The number of carbonyl (C=O) groups excluding carboxylic acids is 3. The second-order valence-corrected chi connectivity index (χ2v) is 11.2. The van der Waals surface area contributed by atoms with Gasteiger partial charge in [0.15, 0.2) is 0 Å². The van der Waals surface area contributed by atoms with Gasteiger partial charge in [0.2, 0.25) is 0 Å². The minimum atomic E-state index is -0.588. The second-order valence-electron chi connectivity index (χ2n) is 10.7. The van der Waals surface area contributed by atoms with Gasteiger partial charge in [0.25, 0.3) is 11.8 Å². The Morgan fingerprint density at radius 2 is 1.72 bits per heavy atom. The third-order valence-corrected chi connectivity index (χ3v) is 6.45. The highest BCUT2D eigenvalue weighted by Gasteiger charge is 2.20. The Bertz CT molecular complexity index is 1420. The Morgan fingerprint density at radius 1 is 0.977 bits per heavy atom. The minimum absolute atomic E-state index is 0.246. The maximum atomic E-state index is 13.5. The number of ether oxygens (including phenoxy) is 3. The summed E-state index contributed by atoms with van der Waals surface area (Å²) in [6, 6.07) is 15.3. The molecule has 1 fully saturated rings. The molecular formula is C31H36ClN5O6. The first-order chi connectivity index (χ1) is 20.6. The zero-order chi connectivity index (χ0) is 30.8. The molecule has 1 saturated heterocycles. The van der Waals surface area contributed by atoms with Crippen molar-refractivity contribution >= 4 is 46.7 Å². The lowest BCUT2D eigenvalue weighted by Crippen LogP contribution is -2.36. The number of pyridine rings is 1. The van der Waals surface area contributed by atoms with Crippen LogP contribution in [0.5, 0.6) is 5.75 Å². The Morgan fingerprint density at radius 3 is 2.44 bits per heavy atom. The van der Waals surface area contributed by atoms with E-state index < -0.39 is 23.5 Å². The lowest BCUT2D eigenvalue weighted by atomic mass is 10.1. The fourth-order valence-electron chi connectivity index (χ4n) is 4.21. The molecule has 2 heterocycles. The van der Waals surface area contributed by atoms with E-state index in [1.54, 1.807) is 63.2 Å². The van der Waals surface area contributed by atoms with Crippen LogP contribution in [0, 0.1) is 0 Å². The van der Waals surface area contributed by atoms with Crippen molar-refractivity contribution in [2.45, 2.75) is 32.8 Å². The van der Waals surface area contributed by atoms with Crippen molar-refractivity contribution in [2.75, 3.05) is 55.0 Å². The van der Waals surface area contributed by atoms with Crippen LogP contribution in [0.4, 0.5) is 22.0 Å². The normalized spacial score (nSPS) is 13.2. The van der Waals surface area contributed by atoms with Gasteiger partial charge in [0, 0.05) is 37.6 Å². The van der Waals surface area contributed by atoms with E-state index in [-0.39, 0.29) is 12.2 Å². The summed E-state index contributed by atoms with van der Waals surface area (Å²) in [6.07, 6.45) is 1.42. The molecular weight excluding hydrogens is 574 g/mol. The Labute approximate surface area is 255 Å². The third kappa shape index (κ3) is 9.59. The fraction of sp³-hybridized carbons (Fsp3) is 0.355. The lowest BCUT2D eigenvalue weighted by molar-refractivity contribution is 0.0525. The number of nitrogens with zero attached hydrogens (tertiary/aromatic N) is 2. The number of amides is 3. The molecule has 3 N–H and O–H groups in total. The van der Waals surface area contributed by atoms with Gasteiger partial charge < -0.3 is 35.1 Å². The smallest absolute Gasteiger partial charge is 0.407 e. The summed E-state index contributed by atoms with van der Waals surface area (Å²) in [5.41, 5.74) is 1.19. The van der Waals surface area contributed by atoms with Gasteiger partial charge >= 0.3 is 6.09 Å². The average Bonchev–Trinajstić information content (AvgIpc) is 2.98. The number of rotatable bonds is 10. The summed E-state index contributed by atoms with van der Waals surface area (Å²) in [5, 5.41) is 8.72. The quantitative estimate of drug-likeness (QED) is 0.262. The van der Waals surface area contributed by atoms with Crippen molar-refractivity contribution < 1.29 is 28.6 Å². The zero-order valence-electron chi connectivity index (χ0n) is 24.4. The second kappa shape index (κ2) is 14.7. The van der Waals surface area contributed by atoms with Crippen LogP contribution in [0.3, 0.4) is 0 Å².